The lowest BCUT2D eigenvalue weighted by atomic mass is 9.99. The zero-order valence-corrected chi connectivity index (χ0v) is 12.2. The number of halogens is 1. The Hall–Kier alpha value is -2.53. The quantitative estimate of drug-likeness (QED) is 0.595. The standard InChI is InChI=1S/C15H17N5.ClH/c16-14(17)20-15(18)19-13(11-7-3-1-4-8-11)12-9-5-2-6-10-12;/h1-10,13H,(H6,16,17,18,19,20);1H. The molecule has 0 atom stereocenters. The second-order valence-corrected chi connectivity index (χ2v) is 4.25. The first kappa shape index (κ1) is 16.5. The van der Waals surface area contributed by atoms with E-state index in [9.17, 15) is 0 Å². The molecule has 6 N–H and O–H groups in total. The first-order chi connectivity index (χ1) is 9.66. The van der Waals surface area contributed by atoms with Crippen LogP contribution in [0.3, 0.4) is 0 Å². The van der Waals surface area contributed by atoms with Crippen molar-refractivity contribution in [3.63, 3.8) is 0 Å². The number of rotatable bonds is 3. The number of hydrogen-bond acceptors (Lipinski definition) is 1. The van der Waals surface area contributed by atoms with E-state index in [1.165, 1.54) is 0 Å². The Balaban J connectivity index is 0.00000220. The molecule has 0 amide bonds. The maximum Gasteiger partial charge on any atom is 0.219 e. The van der Waals surface area contributed by atoms with Gasteiger partial charge in [0.25, 0.3) is 0 Å². The average molecular weight is 304 g/mol. The Morgan fingerprint density at radius 1 is 0.762 bits per heavy atom. The number of nitrogens with two attached hydrogens (primary N) is 3. The van der Waals surface area contributed by atoms with E-state index >= 15 is 0 Å². The smallest absolute Gasteiger partial charge is 0.219 e. The highest BCUT2D eigenvalue weighted by atomic mass is 35.5. The molecule has 110 valence electrons. The number of benzene rings is 2. The van der Waals surface area contributed by atoms with Gasteiger partial charge in [0, 0.05) is 0 Å². The maximum atomic E-state index is 5.75. The molecule has 5 nitrogen and oxygen atoms in total. The molecule has 21 heavy (non-hydrogen) atoms. The molecule has 0 aliphatic rings. The summed E-state index contributed by atoms with van der Waals surface area (Å²) in [6.07, 6.45) is 0. The van der Waals surface area contributed by atoms with Crippen molar-refractivity contribution in [1.82, 2.24) is 0 Å². The predicted octanol–water partition coefficient (Wildman–Crippen LogP) is 1.79. The summed E-state index contributed by atoms with van der Waals surface area (Å²) >= 11 is 0. The lowest BCUT2D eigenvalue weighted by Gasteiger charge is -2.13. The molecule has 2 rings (SSSR count). The number of guanidine groups is 2. The van der Waals surface area contributed by atoms with E-state index in [4.69, 9.17) is 17.2 Å². The van der Waals surface area contributed by atoms with Gasteiger partial charge in [0.1, 0.15) is 6.04 Å². The van der Waals surface area contributed by atoms with Gasteiger partial charge in [-0.25, -0.2) is 4.99 Å². The van der Waals surface area contributed by atoms with Crippen LogP contribution >= 0.6 is 12.4 Å². The van der Waals surface area contributed by atoms with Crippen molar-refractivity contribution >= 4 is 24.3 Å². The zero-order chi connectivity index (χ0) is 14.4. The molecular weight excluding hydrogens is 286 g/mol. The molecule has 0 saturated heterocycles. The molecule has 2 aromatic carbocycles. The number of aliphatic imine (C=N–C) groups is 2. The van der Waals surface area contributed by atoms with Crippen LogP contribution in [0.1, 0.15) is 17.2 Å². The van der Waals surface area contributed by atoms with Crippen LogP contribution in [0.25, 0.3) is 0 Å². The summed E-state index contributed by atoms with van der Waals surface area (Å²) in [5.41, 5.74) is 18.4. The van der Waals surface area contributed by atoms with Crippen LogP contribution in [0, 0.1) is 0 Å². The molecule has 6 heteroatoms. The molecule has 2 aromatic rings. The Labute approximate surface area is 130 Å². The topological polar surface area (TPSA) is 103 Å². The average Bonchev–Trinajstić information content (AvgIpc) is 2.46. The van der Waals surface area contributed by atoms with Crippen LogP contribution in [0.4, 0.5) is 0 Å². The third-order valence-corrected chi connectivity index (χ3v) is 2.74. The minimum Gasteiger partial charge on any atom is -0.370 e. The molecule has 0 spiro atoms. The summed E-state index contributed by atoms with van der Waals surface area (Å²) in [5.74, 6) is -0.0474. The van der Waals surface area contributed by atoms with E-state index in [1.54, 1.807) is 0 Å². The van der Waals surface area contributed by atoms with Crippen LogP contribution in [0.2, 0.25) is 0 Å². The van der Waals surface area contributed by atoms with Crippen molar-refractivity contribution in [2.45, 2.75) is 6.04 Å². The fraction of sp³-hybridized carbons (Fsp3) is 0.0667. The second kappa shape index (κ2) is 7.91. The number of hydrogen-bond donors (Lipinski definition) is 3. The van der Waals surface area contributed by atoms with Gasteiger partial charge in [0.2, 0.25) is 5.96 Å². The van der Waals surface area contributed by atoms with Crippen molar-refractivity contribution in [3.8, 4) is 0 Å². The first-order valence-electron chi connectivity index (χ1n) is 6.19. The molecule has 0 aliphatic heterocycles. The molecule has 0 aliphatic carbocycles. The summed E-state index contributed by atoms with van der Waals surface area (Å²) < 4.78 is 0. The highest BCUT2D eigenvalue weighted by Gasteiger charge is 2.12. The lowest BCUT2D eigenvalue weighted by molar-refractivity contribution is 0.867. The fourth-order valence-corrected chi connectivity index (χ4v) is 1.91. The lowest BCUT2D eigenvalue weighted by Crippen LogP contribution is -2.26. The zero-order valence-electron chi connectivity index (χ0n) is 11.4. The molecule has 0 fully saturated rings. The van der Waals surface area contributed by atoms with Gasteiger partial charge >= 0.3 is 0 Å². The monoisotopic (exact) mass is 303 g/mol. The maximum absolute atomic E-state index is 5.75. The van der Waals surface area contributed by atoms with E-state index in [0.717, 1.165) is 11.1 Å². The van der Waals surface area contributed by atoms with Gasteiger partial charge < -0.3 is 17.2 Å². The molecule has 0 unspecified atom stereocenters. The predicted molar refractivity (Wildman–Crippen MR) is 89.4 cm³/mol. The molecule has 0 aromatic heterocycles. The van der Waals surface area contributed by atoms with E-state index in [0.29, 0.717) is 0 Å². The van der Waals surface area contributed by atoms with Crippen LogP contribution < -0.4 is 17.2 Å². The Kier molecular flexibility index (Phi) is 6.23. The highest BCUT2D eigenvalue weighted by molar-refractivity contribution is 5.92. The van der Waals surface area contributed by atoms with Crippen molar-refractivity contribution in [2.24, 2.45) is 27.2 Å². The minimum atomic E-state index is -0.236. The SMILES string of the molecule is Cl.NC(N)=NC(N)=NC(c1ccccc1)c1ccccc1. The van der Waals surface area contributed by atoms with Crippen LogP contribution in [0.15, 0.2) is 70.6 Å². The molecule has 0 saturated carbocycles. The third-order valence-electron chi connectivity index (χ3n) is 2.74. The van der Waals surface area contributed by atoms with Crippen LogP contribution in [-0.2, 0) is 0 Å². The molecule has 0 radical (unpaired) electrons. The summed E-state index contributed by atoms with van der Waals surface area (Å²) in [7, 11) is 0. The van der Waals surface area contributed by atoms with Crippen molar-refractivity contribution in [3.05, 3.63) is 71.8 Å². The van der Waals surface area contributed by atoms with E-state index in [1.807, 2.05) is 60.7 Å². The fourth-order valence-electron chi connectivity index (χ4n) is 1.91. The van der Waals surface area contributed by atoms with Gasteiger partial charge in [-0.05, 0) is 11.1 Å². The Bertz CT molecular complexity index is 567. The van der Waals surface area contributed by atoms with E-state index < -0.39 is 0 Å². The van der Waals surface area contributed by atoms with Gasteiger partial charge in [-0.3, -0.25) is 0 Å². The van der Waals surface area contributed by atoms with Gasteiger partial charge in [-0.1, -0.05) is 60.7 Å². The van der Waals surface area contributed by atoms with Gasteiger partial charge in [-0.2, -0.15) is 4.99 Å². The summed E-state index contributed by atoms with van der Waals surface area (Å²) in [5, 5.41) is 0. The third kappa shape index (κ3) is 4.81. The van der Waals surface area contributed by atoms with Crippen LogP contribution in [0.5, 0.6) is 0 Å². The normalized spacial score (nSPS) is 10.8. The van der Waals surface area contributed by atoms with E-state index in [-0.39, 0.29) is 30.4 Å². The summed E-state index contributed by atoms with van der Waals surface area (Å²) in [6, 6.07) is 19.5. The van der Waals surface area contributed by atoms with Gasteiger partial charge in [0.05, 0.1) is 0 Å². The van der Waals surface area contributed by atoms with Gasteiger partial charge in [0.15, 0.2) is 5.96 Å². The number of nitrogens with zero attached hydrogens (tertiary/aromatic N) is 2. The Morgan fingerprint density at radius 2 is 1.19 bits per heavy atom. The molecule has 0 heterocycles. The minimum absolute atomic E-state index is 0. The highest BCUT2D eigenvalue weighted by Crippen LogP contribution is 2.25. The van der Waals surface area contributed by atoms with Crippen molar-refractivity contribution < 1.29 is 0 Å². The second-order valence-electron chi connectivity index (χ2n) is 4.25. The molecule has 0 bridgehead atoms. The van der Waals surface area contributed by atoms with Crippen molar-refractivity contribution in [2.75, 3.05) is 0 Å². The molecular formula is C15H18ClN5. The van der Waals surface area contributed by atoms with Crippen LogP contribution in [-0.4, -0.2) is 11.9 Å². The Morgan fingerprint density at radius 3 is 1.57 bits per heavy atom. The van der Waals surface area contributed by atoms with E-state index in [2.05, 4.69) is 9.98 Å². The largest absolute Gasteiger partial charge is 0.370 e. The van der Waals surface area contributed by atoms with Crippen molar-refractivity contribution in [1.29, 1.82) is 0 Å². The summed E-state index contributed by atoms with van der Waals surface area (Å²) in [4.78, 5) is 8.17. The van der Waals surface area contributed by atoms with Gasteiger partial charge in [-0.15, -0.1) is 12.4 Å². The first-order valence-corrected chi connectivity index (χ1v) is 6.19. The summed E-state index contributed by atoms with van der Waals surface area (Å²) in [6.45, 7) is 0.